The Morgan fingerprint density at radius 2 is 1.47 bits per heavy atom. The van der Waals surface area contributed by atoms with Gasteiger partial charge in [0.1, 0.15) is 17.0 Å². The van der Waals surface area contributed by atoms with E-state index in [9.17, 15) is 41.0 Å². The number of benzene rings is 3. The van der Waals surface area contributed by atoms with E-state index in [1.807, 2.05) is 12.1 Å². The summed E-state index contributed by atoms with van der Waals surface area (Å²) in [6.07, 6.45) is -11.6. The summed E-state index contributed by atoms with van der Waals surface area (Å²) in [4.78, 5) is 27.5. The van der Waals surface area contributed by atoms with Gasteiger partial charge in [0, 0.05) is 5.56 Å². The summed E-state index contributed by atoms with van der Waals surface area (Å²) in [6.45, 7) is 9.37. The highest BCUT2D eigenvalue weighted by Crippen LogP contribution is 2.50. The van der Waals surface area contributed by atoms with Crippen molar-refractivity contribution in [2.75, 3.05) is 0 Å². The second kappa shape index (κ2) is 11.7. The highest BCUT2D eigenvalue weighted by Gasteiger charge is 2.71. The normalized spacial score (nSPS) is 17.9. The lowest BCUT2D eigenvalue weighted by molar-refractivity contribution is -0.376. The summed E-state index contributed by atoms with van der Waals surface area (Å²) in [5.74, 6) is -0.303. The standard InChI is InChI=1S/C33H34F6N2O4/c1-6-8-21-18-24(31(44,32(34,35)36)33(37,38)39)15-16-26(21)45-25-10-7-9-20(17-25)19-41-27(42)30(5,40-28(41)43)23-13-11-22(12-14-23)29(2,3)4/h7,9-18,44H,6,8,19H2,1-5H3,(H,40,43). The molecule has 0 saturated carbocycles. The van der Waals surface area contributed by atoms with Gasteiger partial charge in [-0.05, 0) is 65.3 Å². The molecule has 1 aliphatic rings. The fourth-order valence-electron chi connectivity index (χ4n) is 5.21. The van der Waals surface area contributed by atoms with Gasteiger partial charge in [-0.1, -0.05) is 76.6 Å². The molecule has 12 heteroatoms. The summed E-state index contributed by atoms with van der Waals surface area (Å²) < 4.78 is 86.6. The van der Waals surface area contributed by atoms with Crippen LogP contribution in [0.4, 0.5) is 31.1 Å². The second-order valence-electron chi connectivity index (χ2n) is 12.3. The first-order chi connectivity index (χ1) is 20.7. The molecule has 0 bridgehead atoms. The number of alkyl halides is 6. The van der Waals surface area contributed by atoms with Crippen LogP contribution in [0, 0.1) is 0 Å². The van der Waals surface area contributed by atoms with Crippen molar-refractivity contribution in [1.29, 1.82) is 0 Å². The zero-order valence-electron chi connectivity index (χ0n) is 25.4. The molecule has 3 aromatic carbocycles. The number of hydrogen-bond donors (Lipinski definition) is 2. The summed E-state index contributed by atoms with van der Waals surface area (Å²) in [6, 6.07) is 15.2. The summed E-state index contributed by atoms with van der Waals surface area (Å²) in [7, 11) is 0. The van der Waals surface area contributed by atoms with Crippen LogP contribution in [-0.4, -0.2) is 34.3 Å². The van der Waals surface area contributed by atoms with Gasteiger partial charge in [0.2, 0.25) is 0 Å². The molecule has 1 heterocycles. The lowest BCUT2D eigenvalue weighted by Crippen LogP contribution is -2.53. The highest BCUT2D eigenvalue weighted by molar-refractivity contribution is 6.07. The molecule has 1 atom stereocenters. The summed E-state index contributed by atoms with van der Waals surface area (Å²) in [5, 5.41) is 12.6. The van der Waals surface area contributed by atoms with Gasteiger partial charge in [-0.3, -0.25) is 9.69 Å². The molecule has 0 aromatic heterocycles. The maximum absolute atomic E-state index is 13.5. The van der Waals surface area contributed by atoms with E-state index >= 15 is 0 Å². The largest absolute Gasteiger partial charge is 0.457 e. The van der Waals surface area contributed by atoms with Crippen molar-refractivity contribution in [1.82, 2.24) is 10.2 Å². The van der Waals surface area contributed by atoms with Crippen molar-refractivity contribution >= 4 is 11.9 Å². The number of imide groups is 1. The zero-order chi connectivity index (χ0) is 33.6. The van der Waals surface area contributed by atoms with Gasteiger partial charge < -0.3 is 15.2 Å². The molecule has 6 nitrogen and oxygen atoms in total. The van der Waals surface area contributed by atoms with Gasteiger partial charge in [-0.15, -0.1) is 0 Å². The van der Waals surface area contributed by atoms with Crippen LogP contribution < -0.4 is 10.1 Å². The van der Waals surface area contributed by atoms with E-state index in [2.05, 4.69) is 26.1 Å². The van der Waals surface area contributed by atoms with Crippen LogP contribution in [0.15, 0.2) is 66.7 Å². The molecular formula is C33H34F6N2O4. The number of ether oxygens (including phenoxy) is 1. The maximum Gasteiger partial charge on any atom is 0.430 e. The van der Waals surface area contributed by atoms with Crippen molar-refractivity contribution in [3.05, 3.63) is 94.5 Å². The first kappa shape index (κ1) is 33.8. The number of halogens is 6. The first-order valence-electron chi connectivity index (χ1n) is 14.2. The van der Waals surface area contributed by atoms with E-state index < -0.39 is 41.0 Å². The third kappa shape index (κ3) is 6.38. The number of carbonyl (C=O) groups is 2. The van der Waals surface area contributed by atoms with Crippen LogP contribution in [0.3, 0.4) is 0 Å². The molecule has 0 aliphatic carbocycles. The monoisotopic (exact) mass is 636 g/mol. The number of rotatable bonds is 8. The predicted octanol–water partition coefficient (Wildman–Crippen LogP) is 8.01. The molecule has 1 unspecified atom stereocenters. The van der Waals surface area contributed by atoms with Gasteiger partial charge in [-0.2, -0.15) is 26.3 Å². The van der Waals surface area contributed by atoms with E-state index in [4.69, 9.17) is 4.74 Å². The lowest BCUT2D eigenvalue weighted by atomic mass is 9.84. The van der Waals surface area contributed by atoms with Crippen molar-refractivity contribution in [2.45, 2.75) is 82.9 Å². The molecule has 0 radical (unpaired) electrons. The fraction of sp³-hybridized carbons (Fsp3) is 0.394. The summed E-state index contributed by atoms with van der Waals surface area (Å²) in [5.41, 5.74) is -5.65. The van der Waals surface area contributed by atoms with Gasteiger partial charge >= 0.3 is 18.4 Å². The quantitative estimate of drug-likeness (QED) is 0.194. The molecule has 3 amide bonds. The van der Waals surface area contributed by atoms with Crippen molar-refractivity contribution in [2.24, 2.45) is 0 Å². The molecule has 0 spiro atoms. The van der Waals surface area contributed by atoms with Crippen LogP contribution in [0.25, 0.3) is 0 Å². The van der Waals surface area contributed by atoms with Crippen molar-refractivity contribution in [3.8, 4) is 11.5 Å². The number of aryl methyl sites for hydroxylation is 1. The smallest absolute Gasteiger partial charge is 0.430 e. The molecular weight excluding hydrogens is 602 g/mol. The van der Waals surface area contributed by atoms with Gasteiger partial charge in [0.05, 0.1) is 6.54 Å². The van der Waals surface area contributed by atoms with E-state index in [1.165, 1.54) is 12.1 Å². The average molecular weight is 637 g/mol. The Hall–Kier alpha value is -4.06. The molecule has 3 aromatic rings. The Morgan fingerprint density at radius 3 is 2.02 bits per heavy atom. The Bertz CT molecular complexity index is 1560. The van der Waals surface area contributed by atoms with Crippen LogP contribution in [0.1, 0.15) is 68.9 Å². The van der Waals surface area contributed by atoms with E-state index in [0.717, 1.165) is 16.5 Å². The molecule has 4 rings (SSSR count). The minimum Gasteiger partial charge on any atom is -0.457 e. The summed E-state index contributed by atoms with van der Waals surface area (Å²) >= 11 is 0. The number of hydrogen-bond acceptors (Lipinski definition) is 4. The van der Waals surface area contributed by atoms with Gasteiger partial charge in [-0.25, -0.2) is 4.79 Å². The van der Waals surface area contributed by atoms with E-state index in [1.54, 1.807) is 38.1 Å². The number of aliphatic hydroxyl groups is 1. The Kier molecular flexibility index (Phi) is 8.80. The number of nitrogens with zero attached hydrogens (tertiary/aromatic N) is 1. The highest BCUT2D eigenvalue weighted by atomic mass is 19.4. The Labute approximate surface area is 257 Å². The van der Waals surface area contributed by atoms with Crippen molar-refractivity contribution < 1.29 is 45.8 Å². The molecule has 2 N–H and O–H groups in total. The van der Waals surface area contributed by atoms with E-state index in [0.29, 0.717) is 29.7 Å². The van der Waals surface area contributed by atoms with Gasteiger partial charge in [0.15, 0.2) is 0 Å². The third-order valence-corrected chi connectivity index (χ3v) is 7.89. The second-order valence-corrected chi connectivity index (χ2v) is 12.3. The molecule has 1 aliphatic heterocycles. The van der Waals surface area contributed by atoms with Crippen molar-refractivity contribution in [3.63, 3.8) is 0 Å². The molecule has 45 heavy (non-hydrogen) atoms. The number of nitrogens with one attached hydrogen (secondary N) is 1. The lowest BCUT2D eigenvalue weighted by Gasteiger charge is -2.33. The number of amides is 3. The minimum atomic E-state index is -6.02. The van der Waals surface area contributed by atoms with Crippen LogP contribution in [0.2, 0.25) is 0 Å². The van der Waals surface area contributed by atoms with Crippen LogP contribution in [-0.2, 0) is 34.3 Å². The van der Waals surface area contributed by atoms with Crippen LogP contribution >= 0.6 is 0 Å². The molecule has 1 saturated heterocycles. The maximum atomic E-state index is 13.5. The third-order valence-electron chi connectivity index (χ3n) is 7.89. The number of carbonyl (C=O) groups excluding carboxylic acids is 2. The average Bonchev–Trinajstić information content (AvgIpc) is 3.16. The number of urea groups is 1. The predicted molar refractivity (Wildman–Crippen MR) is 155 cm³/mol. The SMILES string of the molecule is CCCc1cc(C(O)(C(F)(F)F)C(F)(F)F)ccc1Oc1cccc(CN2C(=O)NC(C)(c3ccc(C(C)(C)C)cc3)C2=O)c1. The Morgan fingerprint density at radius 1 is 0.867 bits per heavy atom. The van der Waals surface area contributed by atoms with E-state index in [-0.39, 0.29) is 35.4 Å². The molecule has 242 valence electrons. The minimum absolute atomic E-state index is 0.00859. The van der Waals surface area contributed by atoms with Gasteiger partial charge in [0.25, 0.3) is 11.5 Å². The topological polar surface area (TPSA) is 78.9 Å². The van der Waals surface area contributed by atoms with Crippen LogP contribution in [0.5, 0.6) is 11.5 Å². The fourth-order valence-corrected chi connectivity index (χ4v) is 5.21. The first-order valence-corrected chi connectivity index (χ1v) is 14.2. The Balaban J connectivity index is 1.58. The molecule has 1 fully saturated rings. The zero-order valence-corrected chi connectivity index (χ0v) is 25.4.